The van der Waals surface area contributed by atoms with Gasteiger partial charge < -0.3 is 19.7 Å². The van der Waals surface area contributed by atoms with Crippen molar-refractivity contribution in [1.29, 1.82) is 0 Å². The fourth-order valence-corrected chi connectivity index (χ4v) is 3.50. The first-order valence-electron chi connectivity index (χ1n) is 8.18. The quantitative estimate of drug-likeness (QED) is 0.892. The van der Waals surface area contributed by atoms with Crippen LogP contribution in [0.2, 0.25) is 0 Å². The minimum atomic E-state index is -0.239. The van der Waals surface area contributed by atoms with E-state index in [1.54, 1.807) is 7.05 Å². The SMILES string of the molecule is CN[C@H]1c2onc(OCc3ccccc3)c2C(O)=C2C(=O)C=CC[C@H]21. The van der Waals surface area contributed by atoms with Gasteiger partial charge in [-0.1, -0.05) is 36.4 Å². The first kappa shape index (κ1) is 15.7. The average molecular weight is 338 g/mol. The Hall–Kier alpha value is -2.86. The maximum absolute atomic E-state index is 12.3. The molecule has 0 unspecified atom stereocenters. The highest BCUT2D eigenvalue weighted by atomic mass is 16.5. The predicted molar refractivity (Wildman–Crippen MR) is 90.9 cm³/mol. The molecule has 0 saturated heterocycles. The summed E-state index contributed by atoms with van der Waals surface area (Å²) in [6.45, 7) is 0.296. The van der Waals surface area contributed by atoms with Gasteiger partial charge in [-0.05, 0) is 30.3 Å². The van der Waals surface area contributed by atoms with E-state index in [9.17, 15) is 9.90 Å². The Balaban J connectivity index is 1.72. The smallest absolute Gasteiger partial charge is 0.265 e. The number of hydrogen-bond donors (Lipinski definition) is 2. The van der Waals surface area contributed by atoms with Crippen LogP contribution in [0.3, 0.4) is 0 Å². The number of nitrogens with zero attached hydrogens (tertiary/aromatic N) is 1. The Labute approximate surface area is 144 Å². The second kappa shape index (κ2) is 6.22. The topological polar surface area (TPSA) is 84.6 Å². The van der Waals surface area contributed by atoms with Crippen LogP contribution in [0.1, 0.15) is 29.3 Å². The van der Waals surface area contributed by atoms with Crippen molar-refractivity contribution in [3.63, 3.8) is 0 Å². The van der Waals surface area contributed by atoms with Crippen molar-refractivity contribution in [3.8, 4) is 5.88 Å². The highest BCUT2D eigenvalue weighted by Crippen LogP contribution is 2.47. The number of benzene rings is 1. The molecule has 2 atom stereocenters. The molecule has 0 amide bonds. The van der Waals surface area contributed by atoms with Crippen molar-refractivity contribution in [3.05, 3.63) is 64.9 Å². The molecule has 1 heterocycles. The highest BCUT2D eigenvalue weighted by Gasteiger charge is 2.43. The van der Waals surface area contributed by atoms with Gasteiger partial charge in [-0.25, -0.2) is 0 Å². The summed E-state index contributed by atoms with van der Waals surface area (Å²) in [5.74, 6) is 0.245. The molecule has 2 aliphatic rings. The van der Waals surface area contributed by atoms with Crippen LogP contribution in [0.4, 0.5) is 0 Å². The second-order valence-electron chi connectivity index (χ2n) is 6.14. The van der Waals surface area contributed by atoms with Gasteiger partial charge in [0.2, 0.25) is 0 Å². The summed E-state index contributed by atoms with van der Waals surface area (Å²) in [6, 6.07) is 9.41. The van der Waals surface area contributed by atoms with Gasteiger partial charge in [0.25, 0.3) is 5.88 Å². The Kier molecular flexibility index (Phi) is 3.89. The van der Waals surface area contributed by atoms with E-state index in [2.05, 4.69) is 10.5 Å². The molecule has 128 valence electrons. The zero-order valence-corrected chi connectivity index (χ0v) is 13.7. The Morgan fingerprint density at radius 2 is 2.16 bits per heavy atom. The minimum absolute atomic E-state index is 0.0924. The standard InChI is InChI=1S/C19H18N2O4/c1-20-16-12-8-5-9-13(22)14(12)17(23)15-18(16)25-21-19(15)24-10-11-6-3-2-4-7-11/h2-7,9,12,16,20,23H,8,10H2,1H3/t12-,16-/m1/s1. The van der Waals surface area contributed by atoms with Crippen LogP contribution in [-0.4, -0.2) is 23.1 Å². The van der Waals surface area contributed by atoms with E-state index >= 15 is 0 Å². The van der Waals surface area contributed by atoms with Crippen molar-refractivity contribution < 1.29 is 19.2 Å². The summed E-state index contributed by atoms with van der Waals surface area (Å²) in [7, 11) is 1.80. The Morgan fingerprint density at radius 3 is 2.92 bits per heavy atom. The van der Waals surface area contributed by atoms with E-state index in [1.807, 2.05) is 36.4 Å². The largest absolute Gasteiger partial charge is 0.507 e. The summed E-state index contributed by atoms with van der Waals surface area (Å²) < 4.78 is 11.2. The lowest BCUT2D eigenvalue weighted by Crippen LogP contribution is -2.34. The van der Waals surface area contributed by atoms with E-state index < -0.39 is 0 Å². The molecule has 4 rings (SSSR count). The number of aromatic nitrogens is 1. The summed E-state index contributed by atoms with van der Waals surface area (Å²) >= 11 is 0. The molecule has 1 aromatic carbocycles. The van der Waals surface area contributed by atoms with Crippen LogP contribution in [0.15, 0.2) is 52.6 Å². The number of carbonyl (C=O) groups is 1. The number of ether oxygens (including phenoxy) is 1. The lowest BCUT2D eigenvalue weighted by Gasteiger charge is -2.32. The van der Waals surface area contributed by atoms with Crippen molar-refractivity contribution in [2.45, 2.75) is 19.1 Å². The van der Waals surface area contributed by atoms with Crippen molar-refractivity contribution >= 4 is 11.5 Å². The first-order valence-corrected chi connectivity index (χ1v) is 8.18. The Bertz CT molecular complexity index is 867. The van der Waals surface area contributed by atoms with Crippen LogP contribution in [-0.2, 0) is 11.4 Å². The fraction of sp³-hybridized carbons (Fsp3) is 0.263. The van der Waals surface area contributed by atoms with Gasteiger partial charge in [-0.15, -0.1) is 0 Å². The number of carbonyl (C=O) groups excluding carboxylic acids is 1. The molecule has 6 nitrogen and oxygen atoms in total. The van der Waals surface area contributed by atoms with Gasteiger partial charge in [-0.3, -0.25) is 4.79 Å². The van der Waals surface area contributed by atoms with Crippen LogP contribution < -0.4 is 10.1 Å². The van der Waals surface area contributed by atoms with Gasteiger partial charge in [0, 0.05) is 11.5 Å². The van der Waals surface area contributed by atoms with Gasteiger partial charge >= 0.3 is 0 Å². The number of aliphatic hydroxyl groups excluding tert-OH is 1. The highest BCUT2D eigenvalue weighted by molar-refractivity contribution is 6.10. The molecule has 0 fully saturated rings. The van der Waals surface area contributed by atoms with Gasteiger partial charge in [0.05, 0.1) is 6.04 Å². The fourth-order valence-electron chi connectivity index (χ4n) is 3.50. The van der Waals surface area contributed by atoms with Gasteiger partial charge in [0.15, 0.2) is 11.5 Å². The van der Waals surface area contributed by atoms with E-state index in [1.165, 1.54) is 6.08 Å². The summed E-state index contributed by atoms with van der Waals surface area (Å²) in [5.41, 5.74) is 1.73. The van der Waals surface area contributed by atoms with Gasteiger partial charge in [0.1, 0.15) is 17.9 Å². The molecule has 0 spiro atoms. The summed E-state index contributed by atoms with van der Waals surface area (Å²) in [5, 5.41) is 17.9. The predicted octanol–water partition coefficient (Wildman–Crippen LogP) is 2.94. The molecule has 0 saturated carbocycles. The van der Waals surface area contributed by atoms with Crippen molar-refractivity contribution in [2.75, 3.05) is 7.05 Å². The molecular formula is C19H18N2O4. The van der Waals surface area contributed by atoms with Crippen molar-refractivity contribution in [1.82, 2.24) is 10.5 Å². The minimum Gasteiger partial charge on any atom is -0.507 e. The lowest BCUT2D eigenvalue weighted by atomic mass is 9.75. The van der Waals surface area contributed by atoms with Crippen LogP contribution in [0.25, 0.3) is 5.76 Å². The number of aliphatic hydroxyl groups is 1. The third kappa shape index (κ3) is 2.55. The molecule has 1 aromatic heterocycles. The lowest BCUT2D eigenvalue weighted by molar-refractivity contribution is -0.112. The van der Waals surface area contributed by atoms with Crippen LogP contribution in [0.5, 0.6) is 5.88 Å². The molecule has 0 bridgehead atoms. The average Bonchev–Trinajstić information content (AvgIpc) is 3.05. The number of nitrogens with one attached hydrogen (secondary N) is 1. The van der Waals surface area contributed by atoms with Crippen LogP contribution in [0, 0.1) is 5.92 Å². The zero-order valence-electron chi connectivity index (χ0n) is 13.7. The molecule has 2 aliphatic carbocycles. The second-order valence-corrected chi connectivity index (χ2v) is 6.14. The molecule has 2 N–H and O–H groups in total. The van der Waals surface area contributed by atoms with E-state index in [0.29, 0.717) is 29.9 Å². The van der Waals surface area contributed by atoms with E-state index in [4.69, 9.17) is 9.26 Å². The molecule has 6 heteroatoms. The maximum Gasteiger partial charge on any atom is 0.265 e. The number of fused-ring (bicyclic) bond motifs is 2. The molecule has 2 aromatic rings. The Morgan fingerprint density at radius 1 is 1.36 bits per heavy atom. The molecule has 25 heavy (non-hydrogen) atoms. The van der Waals surface area contributed by atoms with E-state index in [0.717, 1.165) is 5.56 Å². The summed E-state index contributed by atoms with van der Waals surface area (Å²) in [6.07, 6.45) is 3.97. The zero-order chi connectivity index (χ0) is 17.4. The van der Waals surface area contributed by atoms with Crippen LogP contribution >= 0.6 is 0 Å². The number of allylic oxidation sites excluding steroid dienone is 2. The summed E-state index contributed by atoms with van der Waals surface area (Å²) in [4.78, 5) is 12.3. The third-order valence-corrected chi connectivity index (χ3v) is 4.69. The normalized spacial score (nSPS) is 21.9. The number of hydrogen-bond acceptors (Lipinski definition) is 6. The van der Waals surface area contributed by atoms with E-state index in [-0.39, 0.29) is 29.4 Å². The monoisotopic (exact) mass is 338 g/mol. The molecule has 0 radical (unpaired) electrons. The molecular weight excluding hydrogens is 320 g/mol. The number of rotatable bonds is 4. The van der Waals surface area contributed by atoms with Crippen molar-refractivity contribution in [2.24, 2.45) is 5.92 Å². The number of ketones is 1. The third-order valence-electron chi connectivity index (χ3n) is 4.69. The van der Waals surface area contributed by atoms with Gasteiger partial charge in [-0.2, -0.15) is 0 Å². The first-order chi connectivity index (χ1) is 12.2. The maximum atomic E-state index is 12.3. The molecule has 0 aliphatic heterocycles.